The molecule has 11 heteroatoms. The number of esters is 2. The molecule has 0 spiro atoms. The van der Waals surface area contributed by atoms with Gasteiger partial charge in [-0.05, 0) is 45.0 Å². The summed E-state index contributed by atoms with van der Waals surface area (Å²) < 4.78 is 18.0. The Bertz CT molecular complexity index is 1590. The Hall–Kier alpha value is -5.45. The highest BCUT2D eigenvalue weighted by atomic mass is 16.6. The van der Waals surface area contributed by atoms with Crippen molar-refractivity contribution in [2.75, 3.05) is 19.8 Å². The molecule has 1 N–H and O–H groups in total. The van der Waals surface area contributed by atoms with Crippen LogP contribution < -0.4 is 10.1 Å². The molecule has 2 heterocycles. The van der Waals surface area contributed by atoms with E-state index < -0.39 is 22.8 Å². The summed E-state index contributed by atoms with van der Waals surface area (Å²) in [5.74, 6) is -2.25. The average Bonchev–Trinajstić information content (AvgIpc) is 3.44. The van der Waals surface area contributed by atoms with E-state index in [9.17, 15) is 19.7 Å². The van der Waals surface area contributed by atoms with Gasteiger partial charge < -0.3 is 19.5 Å². The van der Waals surface area contributed by atoms with Crippen molar-refractivity contribution >= 4 is 17.6 Å². The van der Waals surface area contributed by atoms with Crippen LogP contribution in [0, 0.1) is 10.1 Å². The predicted octanol–water partition coefficient (Wildman–Crippen LogP) is 5.54. The SMILES string of the molecule is C=CCOC(=O)C1=C(C)NC(C)=C(C(=O)OCC=C)C1c1cn(-c2ccccc2)nc1-c1ccc(OCC)c([N+](=O)[O-])c1. The van der Waals surface area contributed by atoms with Crippen molar-refractivity contribution in [3.63, 3.8) is 0 Å². The molecular formula is C32H32N4O7. The van der Waals surface area contributed by atoms with E-state index in [2.05, 4.69) is 18.5 Å². The van der Waals surface area contributed by atoms with Gasteiger partial charge >= 0.3 is 17.6 Å². The van der Waals surface area contributed by atoms with Gasteiger partial charge in [-0.3, -0.25) is 10.1 Å². The molecule has 0 unspecified atom stereocenters. The third kappa shape index (κ3) is 6.40. The smallest absolute Gasteiger partial charge is 0.337 e. The van der Waals surface area contributed by atoms with E-state index in [1.165, 1.54) is 24.3 Å². The van der Waals surface area contributed by atoms with Gasteiger partial charge in [-0.15, -0.1) is 0 Å². The van der Waals surface area contributed by atoms with E-state index in [1.807, 2.05) is 30.3 Å². The Morgan fingerprint density at radius 1 is 1.02 bits per heavy atom. The van der Waals surface area contributed by atoms with Gasteiger partial charge in [-0.1, -0.05) is 43.5 Å². The lowest BCUT2D eigenvalue weighted by molar-refractivity contribution is -0.385. The lowest BCUT2D eigenvalue weighted by Gasteiger charge is -2.30. The molecular weight excluding hydrogens is 552 g/mol. The molecule has 43 heavy (non-hydrogen) atoms. The van der Waals surface area contributed by atoms with Gasteiger partial charge in [0.25, 0.3) is 0 Å². The topological polar surface area (TPSA) is 135 Å². The summed E-state index contributed by atoms with van der Waals surface area (Å²) in [4.78, 5) is 38.5. The fourth-order valence-corrected chi connectivity index (χ4v) is 4.89. The van der Waals surface area contributed by atoms with Crippen LogP contribution in [-0.4, -0.2) is 46.5 Å². The molecule has 3 aromatic rings. The number of para-hydroxylation sites is 1. The molecule has 0 bridgehead atoms. The molecule has 1 aliphatic rings. The third-order valence-electron chi connectivity index (χ3n) is 6.67. The highest BCUT2D eigenvalue weighted by Crippen LogP contribution is 2.44. The minimum atomic E-state index is -1.01. The number of hydrogen-bond acceptors (Lipinski definition) is 9. The average molecular weight is 585 g/mol. The number of allylic oxidation sites excluding steroid dienone is 2. The van der Waals surface area contributed by atoms with Gasteiger partial charge in [0.05, 0.1) is 40.0 Å². The van der Waals surface area contributed by atoms with Crippen molar-refractivity contribution < 1.29 is 28.7 Å². The van der Waals surface area contributed by atoms with Gasteiger partial charge in [-0.2, -0.15) is 5.10 Å². The summed E-state index contributed by atoms with van der Waals surface area (Å²) in [5.41, 5.74) is 2.81. The summed E-state index contributed by atoms with van der Waals surface area (Å²) in [6, 6.07) is 13.7. The van der Waals surface area contributed by atoms with Crippen molar-refractivity contribution in [1.82, 2.24) is 15.1 Å². The minimum Gasteiger partial charge on any atom is -0.487 e. The number of hydrogen-bond donors (Lipinski definition) is 1. The second-order valence-corrected chi connectivity index (χ2v) is 9.50. The van der Waals surface area contributed by atoms with Gasteiger partial charge in [0.15, 0.2) is 5.75 Å². The summed E-state index contributed by atoms with van der Waals surface area (Å²) >= 11 is 0. The zero-order valence-electron chi connectivity index (χ0n) is 24.2. The van der Waals surface area contributed by atoms with E-state index in [0.717, 1.165) is 0 Å². The van der Waals surface area contributed by atoms with Crippen LogP contribution in [0.5, 0.6) is 5.75 Å². The highest BCUT2D eigenvalue weighted by Gasteiger charge is 2.40. The number of benzene rings is 2. The van der Waals surface area contributed by atoms with Crippen molar-refractivity contribution in [2.45, 2.75) is 26.7 Å². The van der Waals surface area contributed by atoms with E-state index in [1.54, 1.807) is 37.7 Å². The molecule has 222 valence electrons. The Labute approximate surface area is 248 Å². The zero-order valence-corrected chi connectivity index (χ0v) is 24.2. The maximum atomic E-state index is 13.5. The molecule has 1 aliphatic heterocycles. The number of ether oxygens (including phenoxy) is 3. The van der Waals surface area contributed by atoms with Gasteiger partial charge in [-0.25, -0.2) is 14.3 Å². The van der Waals surface area contributed by atoms with Crippen LogP contribution in [-0.2, 0) is 19.1 Å². The summed E-state index contributed by atoms with van der Waals surface area (Å²) in [6.45, 7) is 12.5. The maximum absolute atomic E-state index is 13.5. The third-order valence-corrected chi connectivity index (χ3v) is 6.67. The van der Waals surface area contributed by atoms with Gasteiger partial charge in [0, 0.05) is 34.8 Å². The van der Waals surface area contributed by atoms with E-state index in [-0.39, 0.29) is 42.4 Å². The van der Waals surface area contributed by atoms with Crippen LogP contribution in [0.15, 0.2) is 103 Å². The molecule has 0 saturated carbocycles. The minimum absolute atomic E-state index is 0.0531. The molecule has 11 nitrogen and oxygen atoms in total. The normalized spacial score (nSPS) is 13.3. The number of dihydropyridines is 1. The van der Waals surface area contributed by atoms with Gasteiger partial charge in [0.2, 0.25) is 0 Å². The standard InChI is InChI=1S/C32H32N4O7/c1-6-16-42-31(37)27-20(4)33-21(5)28(32(38)43-17-7-2)29(27)24-19-35(23-12-10-9-11-13-23)34-30(24)22-14-15-26(41-8-3)25(18-22)36(39)40/h6-7,9-15,18-19,29,33H,1-2,8,16-17H2,3-5H3. The van der Waals surface area contributed by atoms with E-state index in [0.29, 0.717) is 33.9 Å². The fourth-order valence-electron chi connectivity index (χ4n) is 4.89. The van der Waals surface area contributed by atoms with E-state index >= 15 is 0 Å². The number of nitro groups is 1. The maximum Gasteiger partial charge on any atom is 0.337 e. The van der Waals surface area contributed by atoms with Crippen molar-refractivity contribution in [3.8, 4) is 22.7 Å². The first-order chi connectivity index (χ1) is 20.7. The first-order valence-corrected chi connectivity index (χ1v) is 13.5. The quantitative estimate of drug-likeness (QED) is 0.126. The van der Waals surface area contributed by atoms with Crippen LogP contribution >= 0.6 is 0 Å². The molecule has 0 radical (unpaired) electrons. The molecule has 0 amide bonds. The Morgan fingerprint density at radius 2 is 1.63 bits per heavy atom. The number of carbonyl (C=O) groups excluding carboxylic acids is 2. The predicted molar refractivity (Wildman–Crippen MR) is 160 cm³/mol. The molecule has 1 aromatic heterocycles. The van der Waals surface area contributed by atoms with Crippen molar-refractivity contribution in [1.29, 1.82) is 0 Å². The summed E-state index contributed by atoms with van der Waals surface area (Å²) in [7, 11) is 0. The Morgan fingerprint density at radius 3 is 2.16 bits per heavy atom. The lowest BCUT2D eigenvalue weighted by Crippen LogP contribution is -2.32. The van der Waals surface area contributed by atoms with Crippen LogP contribution in [0.4, 0.5) is 5.69 Å². The zero-order chi connectivity index (χ0) is 31.1. The number of nitro benzene ring substituents is 1. The van der Waals surface area contributed by atoms with E-state index in [4.69, 9.17) is 19.3 Å². The van der Waals surface area contributed by atoms with Crippen LogP contribution in [0.25, 0.3) is 16.9 Å². The monoisotopic (exact) mass is 584 g/mol. The van der Waals surface area contributed by atoms with Crippen molar-refractivity contribution in [3.05, 3.63) is 118 Å². The van der Waals surface area contributed by atoms with Crippen LogP contribution in [0.1, 0.15) is 32.3 Å². The number of nitrogens with one attached hydrogen (secondary N) is 1. The molecule has 0 fully saturated rings. The van der Waals surface area contributed by atoms with Crippen LogP contribution in [0.3, 0.4) is 0 Å². The highest BCUT2D eigenvalue weighted by molar-refractivity contribution is 6.00. The Balaban J connectivity index is 2.03. The second-order valence-electron chi connectivity index (χ2n) is 9.50. The number of carbonyl (C=O) groups is 2. The lowest BCUT2D eigenvalue weighted by atomic mass is 9.79. The summed E-state index contributed by atoms with van der Waals surface area (Å²) in [6.07, 6.45) is 4.58. The van der Waals surface area contributed by atoms with Crippen LogP contribution in [0.2, 0.25) is 0 Å². The molecule has 2 aromatic carbocycles. The number of nitrogens with zero attached hydrogens (tertiary/aromatic N) is 3. The first-order valence-electron chi connectivity index (χ1n) is 13.5. The molecule has 0 atom stereocenters. The second kappa shape index (κ2) is 13.5. The summed E-state index contributed by atoms with van der Waals surface area (Å²) in [5, 5.41) is 19.9. The largest absolute Gasteiger partial charge is 0.487 e. The number of rotatable bonds is 12. The fraction of sp³-hybridized carbons (Fsp3) is 0.219. The molecule has 0 saturated heterocycles. The Kier molecular flexibility index (Phi) is 9.56. The number of aromatic nitrogens is 2. The van der Waals surface area contributed by atoms with Crippen molar-refractivity contribution in [2.24, 2.45) is 0 Å². The molecule has 0 aliphatic carbocycles. The van der Waals surface area contributed by atoms with Gasteiger partial charge in [0.1, 0.15) is 13.2 Å². The first kappa shape index (κ1) is 30.5. The molecule has 4 rings (SSSR count).